The highest BCUT2D eigenvalue weighted by Crippen LogP contribution is 2.09. The fraction of sp³-hybridized carbons (Fsp3) is 0.500. The number of aryl methyl sites for hydroxylation is 1. The highest BCUT2D eigenvalue weighted by Gasteiger charge is 1.90. The second-order valence-corrected chi connectivity index (χ2v) is 3.90. The Kier molecular flexibility index (Phi) is 4.01. The maximum Gasteiger partial charge on any atom is 0.0901 e. The molecular weight excluding hydrogens is 166 g/mol. The number of allylic oxidation sites excluding steroid dienone is 1. The van der Waals surface area contributed by atoms with Crippen LogP contribution in [0.3, 0.4) is 0 Å². The zero-order valence-corrected chi connectivity index (χ0v) is 8.53. The van der Waals surface area contributed by atoms with Crippen molar-refractivity contribution < 1.29 is 0 Å². The van der Waals surface area contributed by atoms with Crippen molar-refractivity contribution in [3.63, 3.8) is 0 Å². The van der Waals surface area contributed by atoms with E-state index >= 15 is 0 Å². The van der Waals surface area contributed by atoms with E-state index in [2.05, 4.69) is 29.4 Å². The van der Waals surface area contributed by atoms with Crippen LogP contribution in [-0.4, -0.2) is 4.98 Å². The summed E-state index contributed by atoms with van der Waals surface area (Å²) >= 11 is 1.71. The molecule has 0 amide bonds. The van der Waals surface area contributed by atoms with Crippen LogP contribution in [0.4, 0.5) is 0 Å². The number of thiazole rings is 1. The van der Waals surface area contributed by atoms with Crippen LogP contribution in [0.2, 0.25) is 0 Å². The molecule has 2 heteroatoms. The Morgan fingerprint density at radius 2 is 2.42 bits per heavy atom. The number of rotatable bonds is 4. The minimum absolute atomic E-state index is 1.11. The molecule has 0 unspecified atom stereocenters. The van der Waals surface area contributed by atoms with Gasteiger partial charge in [-0.05, 0) is 19.4 Å². The first-order valence-corrected chi connectivity index (χ1v) is 5.29. The lowest BCUT2D eigenvalue weighted by Crippen LogP contribution is -1.72. The van der Waals surface area contributed by atoms with E-state index in [1.165, 1.54) is 19.3 Å². The number of nitrogens with zero attached hydrogens (tertiary/aromatic N) is 1. The van der Waals surface area contributed by atoms with E-state index in [0.29, 0.717) is 0 Å². The molecule has 12 heavy (non-hydrogen) atoms. The summed E-state index contributed by atoms with van der Waals surface area (Å²) in [6.45, 7) is 4.24. The van der Waals surface area contributed by atoms with E-state index in [1.54, 1.807) is 11.3 Å². The first-order valence-electron chi connectivity index (χ1n) is 4.41. The van der Waals surface area contributed by atoms with Gasteiger partial charge < -0.3 is 0 Å². The van der Waals surface area contributed by atoms with Gasteiger partial charge in [0.1, 0.15) is 0 Å². The summed E-state index contributed by atoms with van der Waals surface area (Å²) in [4.78, 5) is 4.34. The number of hydrogen-bond donors (Lipinski definition) is 0. The maximum absolute atomic E-state index is 4.34. The molecule has 0 aliphatic heterocycles. The Labute approximate surface area is 78.2 Å². The topological polar surface area (TPSA) is 12.9 Å². The van der Waals surface area contributed by atoms with Crippen LogP contribution in [0, 0.1) is 6.92 Å². The van der Waals surface area contributed by atoms with Gasteiger partial charge in [-0.15, -0.1) is 11.3 Å². The molecule has 1 aromatic rings. The van der Waals surface area contributed by atoms with Crippen LogP contribution in [0.15, 0.2) is 11.5 Å². The van der Waals surface area contributed by atoms with Crippen LogP contribution in [0.25, 0.3) is 6.08 Å². The van der Waals surface area contributed by atoms with Crippen molar-refractivity contribution in [1.29, 1.82) is 0 Å². The first kappa shape index (κ1) is 9.46. The quantitative estimate of drug-likeness (QED) is 0.646. The predicted molar refractivity (Wildman–Crippen MR) is 55.4 cm³/mol. The molecule has 0 atom stereocenters. The van der Waals surface area contributed by atoms with Crippen molar-refractivity contribution in [2.45, 2.75) is 33.1 Å². The van der Waals surface area contributed by atoms with Gasteiger partial charge in [0, 0.05) is 5.38 Å². The van der Waals surface area contributed by atoms with E-state index in [0.717, 1.165) is 10.7 Å². The number of hydrogen-bond acceptors (Lipinski definition) is 2. The second-order valence-electron chi connectivity index (χ2n) is 2.84. The van der Waals surface area contributed by atoms with Crippen molar-refractivity contribution in [3.05, 3.63) is 22.2 Å². The summed E-state index contributed by atoms with van der Waals surface area (Å²) in [5.41, 5.74) is 1.11. The molecule has 0 aliphatic carbocycles. The van der Waals surface area contributed by atoms with Crippen molar-refractivity contribution >= 4 is 17.4 Å². The summed E-state index contributed by atoms with van der Waals surface area (Å²) in [5, 5.41) is 3.24. The van der Waals surface area contributed by atoms with Crippen LogP contribution in [-0.2, 0) is 0 Å². The highest BCUT2D eigenvalue weighted by molar-refractivity contribution is 7.09. The van der Waals surface area contributed by atoms with Gasteiger partial charge in [0.15, 0.2) is 0 Å². The molecule has 0 aliphatic rings. The van der Waals surface area contributed by atoms with E-state index in [-0.39, 0.29) is 0 Å². The van der Waals surface area contributed by atoms with Crippen LogP contribution < -0.4 is 0 Å². The van der Waals surface area contributed by atoms with Crippen molar-refractivity contribution in [2.75, 3.05) is 0 Å². The molecule has 1 rings (SSSR count). The highest BCUT2D eigenvalue weighted by atomic mass is 32.1. The normalized spacial score (nSPS) is 11.2. The Balaban J connectivity index is 2.36. The number of unbranched alkanes of at least 4 members (excludes halogenated alkanes) is 2. The van der Waals surface area contributed by atoms with Crippen LogP contribution >= 0.6 is 11.3 Å². The third-order valence-electron chi connectivity index (χ3n) is 1.65. The largest absolute Gasteiger partial charge is 0.242 e. The smallest absolute Gasteiger partial charge is 0.0901 e. The molecule has 0 bridgehead atoms. The summed E-state index contributed by atoms with van der Waals surface area (Å²) in [7, 11) is 0. The van der Waals surface area contributed by atoms with E-state index < -0.39 is 0 Å². The van der Waals surface area contributed by atoms with Gasteiger partial charge in [-0.1, -0.05) is 25.8 Å². The summed E-state index contributed by atoms with van der Waals surface area (Å²) in [6.07, 6.45) is 8.03. The van der Waals surface area contributed by atoms with Crippen LogP contribution in [0.5, 0.6) is 0 Å². The van der Waals surface area contributed by atoms with E-state index in [1.807, 2.05) is 6.92 Å². The maximum atomic E-state index is 4.34. The minimum atomic E-state index is 1.11. The average molecular weight is 181 g/mol. The Hall–Kier alpha value is -0.630. The summed E-state index contributed by atoms with van der Waals surface area (Å²) < 4.78 is 0. The average Bonchev–Trinajstić information content (AvgIpc) is 2.45. The Morgan fingerprint density at radius 1 is 1.58 bits per heavy atom. The van der Waals surface area contributed by atoms with Gasteiger partial charge in [0.05, 0.1) is 10.7 Å². The van der Waals surface area contributed by atoms with Crippen molar-refractivity contribution in [3.8, 4) is 0 Å². The molecule has 0 N–H and O–H groups in total. The van der Waals surface area contributed by atoms with Crippen LogP contribution in [0.1, 0.15) is 36.9 Å². The third kappa shape index (κ3) is 3.18. The van der Waals surface area contributed by atoms with Gasteiger partial charge in [0.2, 0.25) is 0 Å². The van der Waals surface area contributed by atoms with Crippen molar-refractivity contribution in [2.24, 2.45) is 0 Å². The summed E-state index contributed by atoms with van der Waals surface area (Å²) in [5.74, 6) is 0. The minimum Gasteiger partial charge on any atom is -0.242 e. The zero-order chi connectivity index (χ0) is 8.81. The molecular formula is C10H15NS. The zero-order valence-electron chi connectivity index (χ0n) is 7.71. The lowest BCUT2D eigenvalue weighted by molar-refractivity contribution is 0.816. The monoisotopic (exact) mass is 181 g/mol. The fourth-order valence-corrected chi connectivity index (χ4v) is 1.56. The van der Waals surface area contributed by atoms with Gasteiger partial charge in [-0.3, -0.25) is 0 Å². The molecule has 0 saturated carbocycles. The van der Waals surface area contributed by atoms with E-state index in [4.69, 9.17) is 0 Å². The standard InChI is InChI=1S/C10H15NS/c1-3-4-5-6-7-10-8-12-9(2)11-10/h6-8H,3-5H2,1-2H3. The molecule has 0 saturated heterocycles. The molecule has 0 aromatic carbocycles. The molecule has 0 spiro atoms. The molecule has 1 nitrogen and oxygen atoms in total. The molecule has 1 aromatic heterocycles. The van der Waals surface area contributed by atoms with Gasteiger partial charge in [0.25, 0.3) is 0 Å². The lowest BCUT2D eigenvalue weighted by Gasteiger charge is -1.86. The fourth-order valence-electron chi connectivity index (χ4n) is 0.983. The van der Waals surface area contributed by atoms with Gasteiger partial charge in [-0.25, -0.2) is 4.98 Å². The Bertz CT molecular complexity index is 250. The second kappa shape index (κ2) is 5.09. The van der Waals surface area contributed by atoms with Gasteiger partial charge in [-0.2, -0.15) is 0 Å². The molecule has 66 valence electrons. The number of aromatic nitrogens is 1. The molecule has 0 fully saturated rings. The van der Waals surface area contributed by atoms with E-state index in [9.17, 15) is 0 Å². The third-order valence-corrected chi connectivity index (χ3v) is 2.44. The van der Waals surface area contributed by atoms with Gasteiger partial charge >= 0.3 is 0 Å². The molecule has 1 heterocycles. The van der Waals surface area contributed by atoms with Crippen molar-refractivity contribution in [1.82, 2.24) is 4.98 Å². The predicted octanol–water partition coefficient (Wildman–Crippen LogP) is 3.65. The Morgan fingerprint density at radius 3 is 3.00 bits per heavy atom. The molecule has 0 radical (unpaired) electrons. The SMILES string of the molecule is CCCCC=Cc1csc(C)n1. The summed E-state index contributed by atoms with van der Waals surface area (Å²) in [6, 6.07) is 0. The first-order chi connectivity index (χ1) is 5.83. The lowest BCUT2D eigenvalue weighted by atomic mass is 10.2.